The number of benzene rings is 2. The number of aromatic nitrogens is 7. The summed E-state index contributed by atoms with van der Waals surface area (Å²) >= 11 is 0. The first-order valence-electron chi connectivity index (χ1n) is 10.4. The van der Waals surface area contributed by atoms with Crippen molar-refractivity contribution in [1.82, 2.24) is 29.5 Å². The van der Waals surface area contributed by atoms with E-state index < -0.39 is 32.4 Å². The van der Waals surface area contributed by atoms with E-state index in [1.54, 1.807) is 24.3 Å². The molecule has 0 fully saturated rings. The Morgan fingerprint density at radius 1 is 1.14 bits per heavy atom. The zero-order chi connectivity index (χ0) is 26.2. The summed E-state index contributed by atoms with van der Waals surface area (Å²) in [6.07, 6.45) is 1.12. The normalized spacial score (nSPS) is 11.5. The van der Waals surface area contributed by atoms with Gasteiger partial charge in [0.25, 0.3) is 9.84 Å². The van der Waals surface area contributed by atoms with Crippen molar-refractivity contribution in [3.05, 3.63) is 87.9 Å². The lowest BCUT2D eigenvalue weighted by atomic mass is 10.2. The van der Waals surface area contributed by atoms with Gasteiger partial charge in [-0.3, -0.25) is 4.63 Å². The smallest absolute Gasteiger partial charge is 0.420 e. The van der Waals surface area contributed by atoms with Crippen LogP contribution in [0.4, 0.5) is 0 Å². The molecule has 0 aliphatic carbocycles. The number of imidazole rings is 1. The van der Waals surface area contributed by atoms with Crippen molar-refractivity contribution < 1.29 is 32.2 Å². The van der Waals surface area contributed by atoms with Gasteiger partial charge in [-0.05, 0) is 23.1 Å². The third-order valence-corrected chi connectivity index (χ3v) is 6.81. The molecule has 0 bridgehead atoms. The number of nitrogens with zero attached hydrogens (tertiary/aromatic N) is 7. The van der Waals surface area contributed by atoms with Crippen LogP contribution in [0.2, 0.25) is 0 Å². The molecule has 0 N–H and O–H groups in total. The summed E-state index contributed by atoms with van der Waals surface area (Å²) in [5, 5.41) is 22.2. The van der Waals surface area contributed by atoms with E-state index in [4.69, 9.17) is 9.47 Å². The largest absolute Gasteiger partial charge is 0.456 e. The van der Waals surface area contributed by atoms with E-state index in [9.17, 15) is 23.2 Å². The highest BCUT2D eigenvalue weighted by atomic mass is 32.2. The van der Waals surface area contributed by atoms with Gasteiger partial charge < -0.3 is 14.7 Å². The number of esters is 1. The molecule has 188 valence electrons. The van der Waals surface area contributed by atoms with Crippen molar-refractivity contribution in [2.45, 2.75) is 16.5 Å². The van der Waals surface area contributed by atoms with Crippen LogP contribution >= 0.6 is 0 Å². The molecule has 5 rings (SSSR count). The molecule has 37 heavy (non-hydrogen) atoms. The van der Waals surface area contributed by atoms with Crippen LogP contribution in [0.25, 0.3) is 5.65 Å². The molecule has 0 saturated heterocycles. The first-order chi connectivity index (χ1) is 17.8. The van der Waals surface area contributed by atoms with E-state index in [1.807, 2.05) is 0 Å². The fraction of sp³-hybridized carbons (Fsp3) is 0.0952. The van der Waals surface area contributed by atoms with Crippen molar-refractivity contribution in [2.24, 2.45) is 7.05 Å². The van der Waals surface area contributed by atoms with Gasteiger partial charge in [-0.15, -0.1) is 5.10 Å². The SMILES string of the molecule is Cn1nnc2c(C(=O)OCc3ccccc3Oc3no[n+]([O-])c3S(=O)(=O)c3ccccc3)ncn2c1=O. The molecule has 0 aliphatic rings. The van der Waals surface area contributed by atoms with Crippen molar-refractivity contribution in [3.63, 3.8) is 0 Å². The molecule has 0 spiro atoms. The van der Waals surface area contributed by atoms with Crippen LogP contribution in [0.3, 0.4) is 0 Å². The number of fused-ring (bicyclic) bond motifs is 1. The Morgan fingerprint density at radius 2 is 1.86 bits per heavy atom. The molecule has 3 heterocycles. The van der Waals surface area contributed by atoms with E-state index in [1.165, 1.54) is 37.4 Å². The second-order valence-electron chi connectivity index (χ2n) is 7.43. The second-order valence-corrected chi connectivity index (χ2v) is 9.29. The number of para-hydroxylation sites is 1. The van der Waals surface area contributed by atoms with Crippen LogP contribution in [0.15, 0.2) is 80.3 Å². The molecular weight excluding hydrogens is 510 g/mol. The number of sulfone groups is 1. The number of ether oxygens (including phenoxy) is 2. The van der Waals surface area contributed by atoms with Crippen LogP contribution in [-0.2, 0) is 28.2 Å². The predicted octanol–water partition coefficient (Wildman–Crippen LogP) is 0.427. The highest BCUT2D eigenvalue weighted by Crippen LogP contribution is 2.31. The predicted molar refractivity (Wildman–Crippen MR) is 119 cm³/mol. The number of aryl methyl sites for hydroxylation is 1. The lowest BCUT2D eigenvalue weighted by Crippen LogP contribution is -2.30. The van der Waals surface area contributed by atoms with Crippen molar-refractivity contribution in [3.8, 4) is 11.6 Å². The summed E-state index contributed by atoms with van der Waals surface area (Å²) in [5.41, 5.74) is -0.579. The molecule has 5 aromatic rings. The Hall–Kier alpha value is -5.12. The zero-order valence-corrected chi connectivity index (χ0v) is 19.6. The van der Waals surface area contributed by atoms with Crippen LogP contribution < -0.4 is 15.3 Å². The number of hydrogen-bond acceptors (Lipinski definition) is 12. The van der Waals surface area contributed by atoms with Gasteiger partial charge in [-0.25, -0.2) is 27.4 Å². The molecule has 0 unspecified atom stereocenters. The maximum atomic E-state index is 13.0. The Balaban J connectivity index is 1.40. The van der Waals surface area contributed by atoms with Gasteiger partial charge in [-0.2, -0.15) is 4.68 Å². The third kappa shape index (κ3) is 4.25. The monoisotopic (exact) mass is 525 g/mol. The Labute approximate surface area is 206 Å². The lowest BCUT2D eigenvalue weighted by Gasteiger charge is -2.09. The van der Waals surface area contributed by atoms with Crippen LogP contribution in [0.5, 0.6) is 11.6 Å². The Kier molecular flexibility index (Phi) is 5.84. The summed E-state index contributed by atoms with van der Waals surface area (Å²) in [5.74, 6) is -1.47. The fourth-order valence-electron chi connectivity index (χ4n) is 3.28. The molecule has 0 saturated carbocycles. The minimum absolute atomic E-state index is 0.0390. The fourth-order valence-corrected chi connectivity index (χ4v) is 4.56. The van der Waals surface area contributed by atoms with Gasteiger partial charge in [0.05, 0.1) is 10.1 Å². The second kappa shape index (κ2) is 9.15. The van der Waals surface area contributed by atoms with Gasteiger partial charge >= 0.3 is 22.6 Å². The summed E-state index contributed by atoms with van der Waals surface area (Å²) in [6.45, 7) is -0.345. The van der Waals surface area contributed by atoms with E-state index >= 15 is 0 Å². The summed E-state index contributed by atoms with van der Waals surface area (Å²) < 4.78 is 43.4. The molecule has 0 aliphatic heterocycles. The average Bonchev–Trinajstić information content (AvgIpc) is 3.50. The lowest BCUT2D eigenvalue weighted by molar-refractivity contribution is -0.832. The van der Waals surface area contributed by atoms with E-state index in [0.717, 1.165) is 15.4 Å². The van der Waals surface area contributed by atoms with Crippen LogP contribution in [0, 0.1) is 5.21 Å². The van der Waals surface area contributed by atoms with Gasteiger partial charge in [0.2, 0.25) is 0 Å². The quantitative estimate of drug-likeness (QED) is 0.211. The van der Waals surface area contributed by atoms with E-state index in [0.29, 0.717) is 5.56 Å². The molecule has 0 radical (unpaired) electrons. The number of hydrogen-bond donors (Lipinski definition) is 0. The van der Waals surface area contributed by atoms with Crippen LogP contribution in [0.1, 0.15) is 16.1 Å². The third-order valence-electron chi connectivity index (χ3n) is 5.08. The standard InChI is InChI=1S/C21H15N7O8S/c1-26-21(30)27-12-22-16(17(27)23-25-26)20(29)34-11-13-7-5-6-10-15(13)35-18-19(28(31)36-24-18)37(32,33)14-8-3-2-4-9-14/h2-10,12H,11H2,1H3. The van der Waals surface area contributed by atoms with Crippen LogP contribution in [-0.4, -0.2) is 43.9 Å². The zero-order valence-electron chi connectivity index (χ0n) is 18.8. The summed E-state index contributed by atoms with van der Waals surface area (Å²) in [7, 11) is -2.95. The highest BCUT2D eigenvalue weighted by Gasteiger charge is 2.36. The maximum absolute atomic E-state index is 13.0. The van der Waals surface area contributed by atoms with E-state index in [-0.39, 0.29) is 33.5 Å². The Morgan fingerprint density at radius 3 is 2.65 bits per heavy atom. The minimum Gasteiger partial charge on any atom is -0.456 e. The van der Waals surface area contributed by atoms with Crippen molar-refractivity contribution >= 4 is 21.5 Å². The van der Waals surface area contributed by atoms with Gasteiger partial charge in [-0.1, -0.05) is 41.6 Å². The van der Waals surface area contributed by atoms with E-state index in [2.05, 4.69) is 25.1 Å². The number of rotatable bonds is 7. The molecular formula is C21H15N7O8S. The molecule has 15 nitrogen and oxygen atoms in total. The van der Waals surface area contributed by atoms with Crippen molar-refractivity contribution in [1.29, 1.82) is 0 Å². The summed E-state index contributed by atoms with van der Waals surface area (Å²) in [6, 6.07) is 13.4. The molecule has 16 heteroatoms. The van der Waals surface area contributed by atoms with Gasteiger partial charge in [0, 0.05) is 12.6 Å². The summed E-state index contributed by atoms with van der Waals surface area (Å²) in [4.78, 5) is 28.2. The first-order valence-corrected chi connectivity index (χ1v) is 11.9. The maximum Gasteiger partial charge on any atom is 0.420 e. The van der Waals surface area contributed by atoms with Crippen molar-refractivity contribution in [2.75, 3.05) is 0 Å². The Bertz CT molecular complexity index is 1790. The molecule has 2 aromatic carbocycles. The minimum atomic E-state index is -4.34. The topological polar surface area (TPSA) is 188 Å². The first kappa shape index (κ1) is 23.6. The number of carbonyl (C=O) groups is 1. The number of carbonyl (C=O) groups excluding carboxylic acids is 1. The average molecular weight is 525 g/mol. The highest BCUT2D eigenvalue weighted by molar-refractivity contribution is 7.91. The van der Waals surface area contributed by atoms with Gasteiger partial charge in [0.15, 0.2) is 11.3 Å². The van der Waals surface area contributed by atoms with Gasteiger partial charge in [0.1, 0.15) is 18.7 Å². The molecule has 0 atom stereocenters. The molecule has 3 aromatic heterocycles. The molecule has 0 amide bonds.